The zero-order chi connectivity index (χ0) is 59.9. The van der Waals surface area contributed by atoms with Crippen molar-refractivity contribution in [1.29, 1.82) is 0 Å². The minimum atomic E-state index is -0.805. The molecule has 0 saturated carbocycles. The number of hydrogen-bond acceptors (Lipinski definition) is 6. The molecule has 1 unspecified atom stereocenters. The second-order valence-corrected chi connectivity index (χ2v) is 22.0. The van der Waals surface area contributed by atoms with E-state index in [1.807, 2.05) is 0 Å². The van der Waals surface area contributed by atoms with Crippen molar-refractivity contribution in [2.24, 2.45) is 0 Å². The lowest BCUT2D eigenvalue weighted by atomic mass is 10.1. The van der Waals surface area contributed by atoms with Crippen LogP contribution >= 0.6 is 0 Å². The van der Waals surface area contributed by atoms with Crippen LogP contribution in [0.3, 0.4) is 0 Å². The van der Waals surface area contributed by atoms with Crippen molar-refractivity contribution in [2.45, 2.75) is 297 Å². The Kier molecular flexibility index (Phi) is 65.4. The summed E-state index contributed by atoms with van der Waals surface area (Å²) in [7, 11) is 0. The maximum absolute atomic E-state index is 12.9. The summed E-state index contributed by atoms with van der Waals surface area (Å²) < 4.78 is 16.9. The normalized spacial score (nSPS) is 13.1. The Morgan fingerprint density at radius 3 is 0.783 bits per heavy atom. The fourth-order valence-electron chi connectivity index (χ4n) is 8.89. The molecule has 468 valence electrons. The van der Waals surface area contributed by atoms with Crippen LogP contribution in [0, 0.1) is 0 Å². The summed E-state index contributed by atoms with van der Waals surface area (Å²) in [4.78, 5) is 38.3. The van der Waals surface area contributed by atoms with Crippen LogP contribution in [0.15, 0.2) is 158 Å². The van der Waals surface area contributed by atoms with Crippen molar-refractivity contribution in [2.75, 3.05) is 13.2 Å². The number of rotatable bonds is 60. The van der Waals surface area contributed by atoms with Crippen LogP contribution in [0.4, 0.5) is 0 Å². The Balaban J connectivity index is 4.35. The zero-order valence-electron chi connectivity index (χ0n) is 53.7. The van der Waals surface area contributed by atoms with Gasteiger partial charge in [0.05, 0.1) is 0 Å². The number of carbonyl (C=O) groups is 3. The van der Waals surface area contributed by atoms with E-state index in [1.165, 1.54) is 77.0 Å². The van der Waals surface area contributed by atoms with Crippen molar-refractivity contribution in [3.05, 3.63) is 158 Å². The molecule has 0 amide bonds. The number of ether oxygens (including phenoxy) is 3. The first-order valence-electron chi connectivity index (χ1n) is 34.0. The molecule has 1 atom stereocenters. The second-order valence-electron chi connectivity index (χ2n) is 22.0. The molecule has 0 radical (unpaired) electrons. The quantitative estimate of drug-likeness (QED) is 0.0261. The molecular formula is C77H124O6. The minimum absolute atomic E-state index is 0.0992. The standard InChI is InChI=1S/C77H124O6/c1-4-7-10-13-16-19-22-24-26-28-30-32-33-34-35-36-37-38-39-40-41-42-43-45-46-48-50-52-55-58-61-64-67-70-76(79)82-73-74(72-81-75(78)69-66-63-60-57-54-21-18-15-12-9-6-3)83-77(80)71-68-65-62-59-56-53-51-49-47-44-31-29-27-25-23-20-17-14-11-8-5-2/h7,10,15-16,18-19,23-26,29-32,34-35,37-38,40-41,43,45,47-50,74H,4-6,8-9,11-14,17,20-22,27-28,33,36,39,42,44,46,51-73H2,1-3H3/b10-7-,18-15-,19-16-,25-23-,26-24-,31-29-,32-30-,35-34-,38-37-,41-40-,45-43-,49-47-,50-48-. The Bertz CT molecular complexity index is 1840. The van der Waals surface area contributed by atoms with Gasteiger partial charge in [-0.05, 0) is 148 Å². The predicted molar refractivity (Wildman–Crippen MR) is 362 cm³/mol. The topological polar surface area (TPSA) is 78.9 Å². The van der Waals surface area contributed by atoms with Crippen LogP contribution in [-0.4, -0.2) is 37.2 Å². The summed E-state index contributed by atoms with van der Waals surface area (Å²) in [5.41, 5.74) is 0. The van der Waals surface area contributed by atoms with Gasteiger partial charge in [-0.2, -0.15) is 0 Å². The van der Waals surface area contributed by atoms with Crippen molar-refractivity contribution in [3.8, 4) is 0 Å². The number of allylic oxidation sites excluding steroid dienone is 26. The highest BCUT2D eigenvalue weighted by atomic mass is 16.6. The number of hydrogen-bond donors (Lipinski definition) is 0. The Morgan fingerprint density at radius 2 is 0.482 bits per heavy atom. The molecule has 6 heteroatoms. The van der Waals surface area contributed by atoms with E-state index >= 15 is 0 Å². The predicted octanol–water partition coefficient (Wildman–Crippen LogP) is 23.7. The van der Waals surface area contributed by atoms with Gasteiger partial charge in [-0.1, -0.05) is 281 Å². The van der Waals surface area contributed by atoms with Crippen molar-refractivity contribution in [1.82, 2.24) is 0 Å². The lowest BCUT2D eigenvalue weighted by Gasteiger charge is -2.18. The molecule has 0 spiro atoms. The van der Waals surface area contributed by atoms with Gasteiger partial charge in [-0.25, -0.2) is 0 Å². The Labute approximate surface area is 511 Å². The molecule has 83 heavy (non-hydrogen) atoms. The average Bonchev–Trinajstić information content (AvgIpc) is 3.48. The molecule has 0 fully saturated rings. The number of unbranched alkanes of at least 4 members (excludes halogenated alkanes) is 23. The van der Waals surface area contributed by atoms with Gasteiger partial charge in [-0.3, -0.25) is 14.4 Å². The second kappa shape index (κ2) is 69.5. The van der Waals surface area contributed by atoms with Crippen LogP contribution < -0.4 is 0 Å². The van der Waals surface area contributed by atoms with Gasteiger partial charge in [-0.15, -0.1) is 0 Å². The molecule has 0 aliphatic carbocycles. The van der Waals surface area contributed by atoms with Gasteiger partial charge in [0.15, 0.2) is 6.10 Å². The summed E-state index contributed by atoms with van der Waals surface area (Å²) in [5, 5.41) is 0. The molecule has 0 heterocycles. The Hall–Kier alpha value is -4.97. The molecule has 0 aromatic carbocycles. The third kappa shape index (κ3) is 67.7. The van der Waals surface area contributed by atoms with Gasteiger partial charge >= 0.3 is 17.9 Å². The highest BCUT2D eigenvalue weighted by molar-refractivity contribution is 5.71. The van der Waals surface area contributed by atoms with Gasteiger partial charge in [0, 0.05) is 19.3 Å². The third-order valence-corrected chi connectivity index (χ3v) is 14.0. The summed E-state index contributed by atoms with van der Waals surface area (Å²) in [5.74, 6) is -0.942. The van der Waals surface area contributed by atoms with Gasteiger partial charge in [0.2, 0.25) is 0 Å². The van der Waals surface area contributed by atoms with Gasteiger partial charge in [0.1, 0.15) is 13.2 Å². The van der Waals surface area contributed by atoms with Crippen molar-refractivity contribution < 1.29 is 28.6 Å². The molecule has 0 aliphatic heterocycles. The highest BCUT2D eigenvalue weighted by Crippen LogP contribution is 2.14. The van der Waals surface area contributed by atoms with E-state index in [0.717, 1.165) is 173 Å². The van der Waals surface area contributed by atoms with Crippen molar-refractivity contribution >= 4 is 17.9 Å². The van der Waals surface area contributed by atoms with Crippen molar-refractivity contribution in [3.63, 3.8) is 0 Å². The van der Waals surface area contributed by atoms with E-state index in [-0.39, 0.29) is 31.1 Å². The highest BCUT2D eigenvalue weighted by Gasteiger charge is 2.19. The molecule has 0 aliphatic rings. The van der Waals surface area contributed by atoms with E-state index in [9.17, 15) is 14.4 Å². The van der Waals surface area contributed by atoms with Crippen LogP contribution in [-0.2, 0) is 28.6 Å². The van der Waals surface area contributed by atoms with Gasteiger partial charge in [0.25, 0.3) is 0 Å². The first-order chi connectivity index (χ1) is 41.0. The molecule has 0 saturated heterocycles. The van der Waals surface area contributed by atoms with E-state index < -0.39 is 6.10 Å². The molecule has 0 aromatic rings. The Morgan fingerprint density at radius 1 is 0.253 bits per heavy atom. The largest absolute Gasteiger partial charge is 0.462 e. The van der Waals surface area contributed by atoms with E-state index in [4.69, 9.17) is 14.2 Å². The average molecular weight is 1150 g/mol. The maximum Gasteiger partial charge on any atom is 0.306 e. The lowest BCUT2D eigenvalue weighted by molar-refractivity contribution is -0.167. The first-order valence-corrected chi connectivity index (χ1v) is 34.0. The lowest BCUT2D eigenvalue weighted by Crippen LogP contribution is -2.30. The number of carbonyl (C=O) groups excluding carboxylic acids is 3. The summed E-state index contributed by atoms with van der Waals surface area (Å²) in [6.07, 6.45) is 101. The van der Waals surface area contributed by atoms with Crippen LogP contribution in [0.2, 0.25) is 0 Å². The number of esters is 3. The van der Waals surface area contributed by atoms with E-state index in [0.29, 0.717) is 19.3 Å². The first kappa shape index (κ1) is 78.0. The SMILES string of the molecule is CC/C=C\C/C=C\C/C=C\C/C=C\C/C=C\C/C=C\C/C=C\C/C=C\C/C=C\CCCCCCCC(=O)OCC(COC(=O)CCCCCCC/C=C\CCCC)OC(=O)CCCCCCCC/C=C\C/C=C\C/C=C\CCCCCCC. The van der Waals surface area contributed by atoms with E-state index in [2.05, 4.69) is 179 Å². The molecule has 0 N–H and O–H groups in total. The summed E-state index contributed by atoms with van der Waals surface area (Å²) in [6.45, 7) is 6.44. The fourth-order valence-corrected chi connectivity index (χ4v) is 8.89. The van der Waals surface area contributed by atoms with Crippen LogP contribution in [0.25, 0.3) is 0 Å². The van der Waals surface area contributed by atoms with Crippen LogP contribution in [0.1, 0.15) is 290 Å². The molecule has 0 bridgehead atoms. The molecule has 0 rings (SSSR count). The fraction of sp³-hybridized carbons (Fsp3) is 0.623. The monoisotopic (exact) mass is 1140 g/mol. The van der Waals surface area contributed by atoms with E-state index in [1.54, 1.807) is 0 Å². The van der Waals surface area contributed by atoms with Gasteiger partial charge < -0.3 is 14.2 Å². The summed E-state index contributed by atoms with van der Waals surface area (Å²) in [6, 6.07) is 0. The molecular weight excluding hydrogens is 1020 g/mol. The third-order valence-electron chi connectivity index (χ3n) is 14.0. The maximum atomic E-state index is 12.9. The summed E-state index contributed by atoms with van der Waals surface area (Å²) >= 11 is 0. The minimum Gasteiger partial charge on any atom is -0.462 e. The molecule has 6 nitrogen and oxygen atoms in total. The zero-order valence-corrected chi connectivity index (χ0v) is 53.7. The van der Waals surface area contributed by atoms with Crippen LogP contribution in [0.5, 0.6) is 0 Å². The smallest absolute Gasteiger partial charge is 0.306 e. The molecule has 0 aromatic heterocycles.